The molecule has 0 saturated heterocycles. The summed E-state index contributed by atoms with van der Waals surface area (Å²) < 4.78 is 25.9. The summed E-state index contributed by atoms with van der Waals surface area (Å²) in [4.78, 5) is 0. The molecule has 0 saturated carbocycles. The second-order valence-electron chi connectivity index (χ2n) is 2.08. The van der Waals surface area contributed by atoms with Crippen molar-refractivity contribution < 1.29 is 17.7 Å². The van der Waals surface area contributed by atoms with E-state index in [9.17, 15) is 8.42 Å². The maximum atomic E-state index is 10.7. The number of hydrogen-bond acceptors (Lipinski definition) is 4. The zero-order chi connectivity index (χ0) is 9.03. The van der Waals surface area contributed by atoms with Crippen LogP contribution in [0.3, 0.4) is 0 Å². The summed E-state index contributed by atoms with van der Waals surface area (Å²) in [5.41, 5.74) is 0. The number of rotatable bonds is 3. The Hall–Kier alpha value is -1.07. The number of para-hydroxylation sites is 1. The second-order valence-corrected chi connectivity index (χ2v) is 3.62. The van der Waals surface area contributed by atoms with E-state index < -0.39 is 16.1 Å². The van der Waals surface area contributed by atoms with Crippen molar-refractivity contribution in [2.24, 2.45) is 0 Å². The lowest BCUT2D eigenvalue weighted by atomic mass is 10.3. The van der Waals surface area contributed by atoms with Crippen LogP contribution in [0.5, 0.6) is 5.75 Å². The van der Waals surface area contributed by atoms with E-state index in [-0.39, 0.29) is 5.75 Å². The first-order valence-corrected chi connectivity index (χ1v) is 4.80. The molecule has 12 heavy (non-hydrogen) atoms. The van der Waals surface area contributed by atoms with Gasteiger partial charge < -0.3 is 9.29 Å². The van der Waals surface area contributed by atoms with Crippen LogP contribution in [0.25, 0.3) is 0 Å². The molecule has 0 radical (unpaired) electrons. The fraction of sp³-hybridized carbons (Fsp3) is 0.143. The Bertz CT molecular complexity index is 330. The number of hydrogen-bond donors (Lipinski definition) is 1. The van der Waals surface area contributed by atoms with Crippen molar-refractivity contribution in [3.05, 3.63) is 30.3 Å². The molecule has 0 unspecified atom stereocenters. The minimum absolute atomic E-state index is 0.201. The molecule has 0 fully saturated rings. The lowest BCUT2D eigenvalue weighted by Gasteiger charge is -2.02. The fourth-order valence-electron chi connectivity index (χ4n) is 0.649. The Labute approximate surface area is 70.5 Å². The minimum atomic E-state index is -3.82. The molecule has 0 aliphatic carbocycles. The van der Waals surface area contributed by atoms with E-state index in [1.165, 1.54) is 12.1 Å². The molecule has 0 amide bonds. The first-order valence-electron chi connectivity index (χ1n) is 3.22. The standard InChI is InChI=1S/C7H8O4S/c8-6-12(9,10)11-7-4-2-1-3-5-7/h1-5,8H,6H2. The zero-order valence-electron chi connectivity index (χ0n) is 6.17. The highest BCUT2D eigenvalue weighted by Gasteiger charge is 2.08. The van der Waals surface area contributed by atoms with E-state index in [1.54, 1.807) is 18.2 Å². The maximum Gasteiger partial charge on any atom is 0.333 e. The van der Waals surface area contributed by atoms with Crippen LogP contribution >= 0.6 is 0 Å². The van der Waals surface area contributed by atoms with Gasteiger partial charge in [-0.25, -0.2) is 0 Å². The molecule has 0 spiro atoms. The third-order valence-corrected chi connectivity index (χ3v) is 1.89. The highest BCUT2D eigenvalue weighted by molar-refractivity contribution is 7.86. The van der Waals surface area contributed by atoms with E-state index in [4.69, 9.17) is 5.11 Å². The first-order chi connectivity index (χ1) is 5.64. The van der Waals surface area contributed by atoms with Gasteiger partial charge in [-0.2, -0.15) is 8.42 Å². The van der Waals surface area contributed by atoms with Gasteiger partial charge in [0.1, 0.15) is 5.75 Å². The lowest BCUT2D eigenvalue weighted by Crippen LogP contribution is -2.12. The molecular weight excluding hydrogens is 180 g/mol. The van der Waals surface area contributed by atoms with Crippen LogP contribution in [-0.2, 0) is 10.1 Å². The van der Waals surface area contributed by atoms with Gasteiger partial charge in [0, 0.05) is 0 Å². The van der Waals surface area contributed by atoms with Crippen LogP contribution in [0, 0.1) is 0 Å². The molecule has 0 aliphatic rings. The van der Waals surface area contributed by atoms with Gasteiger partial charge in [-0.15, -0.1) is 0 Å². The van der Waals surface area contributed by atoms with Crippen LogP contribution in [0.2, 0.25) is 0 Å². The van der Waals surface area contributed by atoms with Gasteiger partial charge in [0.05, 0.1) is 0 Å². The molecule has 5 heteroatoms. The van der Waals surface area contributed by atoms with Crippen molar-refractivity contribution in [1.82, 2.24) is 0 Å². The van der Waals surface area contributed by atoms with Crippen molar-refractivity contribution in [1.29, 1.82) is 0 Å². The second kappa shape index (κ2) is 3.55. The predicted octanol–water partition coefficient (Wildman–Crippen LogP) is 0.345. The zero-order valence-corrected chi connectivity index (χ0v) is 6.99. The molecular formula is C7H8O4S. The summed E-state index contributed by atoms with van der Waals surface area (Å²) in [6.45, 7) is 0. The summed E-state index contributed by atoms with van der Waals surface area (Å²) in [7, 11) is -3.82. The molecule has 0 atom stereocenters. The monoisotopic (exact) mass is 188 g/mol. The average molecular weight is 188 g/mol. The highest BCUT2D eigenvalue weighted by Crippen LogP contribution is 2.10. The van der Waals surface area contributed by atoms with Gasteiger partial charge in [0.15, 0.2) is 5.94 Å². The quantitative estimate of drug-likeness (QED) is 0.695. The summed E-state index contributed by atoms with van der Waals surface area (Å²) in [5, 5.41) is 8.34. The molecule has 4 nitrogen and oxygen atoms in total. The Morgan fingerprint density at radius 1 is 1.25 bits per heavy atom. The summed E-state index contributed by atoms with van der Waals surface area (Å²) in [5.74, 6) is -0.812. The Morgan fingerprint density at radius 2 is 1.83 bits per heavy atom. The largest absolute Gasteiger partial charge is 0.381 e. The normalized spacial score (nSPS) is 11.1. The van der Waals surface area contributed by atoms with Crippen molar-refractivity contribution in [3.8, 4) is 5.75 Å². The van der Waals surface area contributed by atoms with Gasteiger partial charge in [0.2, 0.25) is 0 Å². The molecule has 0 aliphatic heterocycles. The van der Waals surface area contributed by atoms with Crippen molar-refractivity contribution >= 4 is 10.1 Å². The summed E-state index contributed by atoms with van der Waals surface area (Å²) in [6, 6.07) is 8.00. The number of benzene rings is 1. The van der Waals surface area contributed by atoms with Gasteiger partial charge in [-0.1, -0.05) is 18.2 Å². The van der Waals surface area contributed by atoms with Crippen molar-refractivity contribution in [2.75, 3.05) is 5.94 Å². The highest BCUT2D eigenvalue weighted by atomic mass is 32.2. The molecule has 1 aromatic rings. The van der Waals surface area contributed by atoms with Crippen LogP contribution in [0.4, 0.5) is 0 Å². The molecule has 1 aromatic carbocycles. The van der Waals surface area contributed by atoms with Crippen LogP contribution in [0.1, 0.15) is 0 Å². The van der Waals surface area contributed by atoms with E-state index in [2.05, 4.69) is 4.18 Å². The smallest absolute Gasteiger partial charge is 0.333 e. The van der Waals surface area contributed by atoms with E-state index in [0.717, 1.165) is 0 Å². The predicted molar refractivity (Wildman–Crippen MR) is 43.1 cm³/mol. The number of aliphatic hydroxyl groups is 1. The summed E-state index contributed by atoms with van der Waals surface area (Å²) >= 11 is 0. The maximum absolute atomic E-state index is 10.7. The summed E-state index contributed by atoms with van der Waals surface area (Å²) in [6.07, 6.45) is 0. The molecule has 1 N–H and O–H groups in total. The number of aliphatic hydroxyl groups excluding tert-OH is 1. The molecule has 66 valence electrons. The molecule has 0 heterocycles. The van der Waals surface area contributed by atoms with Crippen molar-refractivity contribution in [2.45, 2.75) is 0 Å². The minimum Gasteiger partial charge on any atom is -0.381 e. The molecule has 0 aromatic heterocycles. The van der Waals surface area contributed by atoms with E-state index in [0.29, 0.717) is 0 Å². The van der Waals surface area contributed by atoms with E-state index >= 15 is 0 Å². The van der Waals surface area contributed by atoms with Crippen molar-refractivity contribution in [3.63, 3.8) is 0 Å². The van der Waals surface area contributed by atoms with Crippen LogP contribution < -0.4 is 4.18 Å². The third-order valence-electron chi connectivity index (χ3n) is 1.12. The molecule has 0 bridgehead atoms. The third kappa shape index (κ3) is 2.52. The SMILES string of the molecule is O=S(=O)(CO)Oc1ccccc1. The Kier molecular flexibility index (Phi) is 2.67. The Morgan fingerprint density at radius 3 is 2.33 bits per heavy atom. The first kappa shape index (κ1) is 9.02. The van der Waals surface area contributed by atoms with Gasteiger partial charge >= 0.3 is 10.1 Å². The van der Waals surface area contributed by atoms with Gasteiger partial charge in [-0.05, 0) is 12.1 Å². The average Bonchev–Trinajstić information content (AvgIpc) is 2.06. The van der Waals surface area contributed by atoms with E-state index in [1.807, 2.05) is 0 Å². The fourth-order valence-corrected chi connectivity index (χ4v) is 1.11. The van der Waals surface area contributed by atoms with Gasteiger partial charge in [-0.3, -0.25) is 0 Å². The Balaban J connectivity index is 2.78. The van der Waals surface area contributed by atoms with Gasteiger partial charge in [0.25, 0.3) is 0 Å². The molecule has 1 rings (SSSR count). The lowest BCUT2D eigenvalue weighted by molar-refractivity contribution is 0.338. The topological polar surface area (TPSA) is 63.6 Å². The van der Waals surface area contributed by atoms with Crippen LogP contribution in [-0.4, -0.2) is 19.5 Å². The van der Waals surface area contributed by atoms with Crippen LogP contribution in [0.15, 0.2) is 30.3 Å².